The Hall–Kier alpha value is -2.31. The second-order valence-corrected chi connectivity index (χ2v) is 7.07. The van der Waals surface area contributed by atoms with Crippen molar-refractivity contribution in [2.24, 2.45) is 0 Å². The first-order valence-corrected chi connectivity index (χ1v) is 9.69. The normalized spacial score (nSPS) is 16.4. The molecule has 0 amide bonds. The number of pyridine rings is 1. The number of hydrogen-bond donors (Lipinski definition) is 0. The van der Waals surface area contributed by atoms with Gasteiger partial charge in [0, 0.05) is 37.5 Å². The van der Waals surface area contributed by atoms with Gasteiger partial charge in [-0.2, -0.15) is 0 Å². The first-order chi connectivity index (χ1) is 13.6. The summed E-state index contributed by atoms with van der Waals surface area (Å²) in [7, 11) is 4.92. The van der Waals surface area contributed by atoms with Gasteiger partial charge in [0.05, 0.1) is 33.1 Å². The Labute approximate surface area is 167 Å². The highest BCUT2D eigenvalue weighted by atomic mass is 16.5. The molecule has 2 heterocycles. The zero-order chi connectivity index (χ0) is 19.9. The number of hydrogen-bond acceptors (Lipinski definition) is 6. The van der Waals surface area contributed by atoms with Crippen molar-refractivity contribution in [3.8, 4) is 17.2 Å². The van der Waals surface area contributed by atoms with Crippen LogP contribution in [0.4, 0.5) is 0 Å². The molecule has 2 aromatic rings. The Morgan fingerprint density at radius 1 is 1.04 bits per heavy atom. The zero-order valence-electron chi connectivity index (χ0n) is 17.2. The molecule has 1 aliphatic heterocycles. The molecule has 1 atom stereocenters. The summed E-state index contributed by atoms with van der Waals surface area (Å²) in [6.45, 7) is 5.18. The second-order valence-electron chi connectivity index (χ2n) is 7.07. The van der Waals surface area contributed by atoms with E-state index >= 15 is 0 Å². The molecule has 1 saturated heterocycles. The van der Waals surface area contributed by atoms with E-state index in [1.165, 1.54) is 0 Å². The molecule has 1 aliphatic rings. The molecular formula is C22H30N2O4. The minimum Gasteiger partial charge on any atom is -0.493 e. The smallest absolute Gasteiger partial charge is 0.203 e. The van der Waals surface area contributed by atoms with Gasteiger partial charge in [0.25, 0.3) is 0 Å². The van der Waals surface area contributed by atoms with Gasteiger partial charge in [-0.25, -0.2) is 0 Å². The molecule has 0 unspecified atom stereocenters. The van der Waals surface area contributed by atoms with Crippen molar-refractivity contribution in [2.45, 2.75) is 39.0 Å². The Kier molecular flexibility index (Phi) is 7.12. The van der Waals surface area contributed by atoms with Crippen LogP contribution in [0, 0.1) is 6.92 Å². The molecule has 0 N–H and O–H groups in total. The summed E-state index contributed by atoms with van der Waals surface area (Å²) in [4.78, 5) is 7.04. The number of methoxy groups -OCH3 is 3. The van der Waals surface area contributed by atoms with Gasteiger partial charge in [0.1, 0.15) is 0 Å². The lowest BCUT2D eigenvalue weighted by atomic mass is 10.1. The summed E-state index contributed by atoms with van der Waals surface area (Å²) < 4.78 is 22.5. The molecule has 0 bridgehead atoms. The van der Waals surface area contributed by atoms with E-state index in [1.807, 2.05) is 25.1 Å². The van der Waals surface area contributed by atoms with Crippen molar-refractivity contribution in [1.82, 2.24) is 9.88 Å². The Morgan fingerprint density at radius 2 is 1.86 bits per heavy atom. The van der Waals surface area contributed by atoms with Gasteiger partial charge in [-0.15, -0.1) is 0 Å². The fourth-order valence-corrected chi connectivity index (χ4v) is 3.71. The van der Waals surface area contributed by atoms with Crippen LogP contribution in [0.3, 0.4) is 0 Å². The number of aryl methyl sites for hydroxylation is 1. The van der Waals surface area contributed by atoms with E-state index in [4.69, 9.17) is 18.9 Å². The van der Waals surface area contributed by atoms with Crippen LogP contribution in [0.2, 0.25) is 0 Å². The lowest BCUT2D eigenvalue weighted by molar-refractivity contribution is 0.0671. The maximum Gasteiger partial charge on any atom is 0.203 e. The van der Waals surface area contributed by atoms with Crippen molar-refractivity contribution in [1.29, 1.82) is 0 Å². The summed E-state index contributed by atoms with van der Waals surface area (Å²) >= 11 is 0. The van der Waals surface area contributed by atoms with E-state index in [-0.39, 0.29) is 6.10 Å². The van der Waals surface area contributed by atoms with Crippen LogP contribution in [0.15, 0.2) is 30.3 Å². The summed E-state index contributed by atoms with van der Waals surface area (Å²) in [6, 6.07) is 10.1. The highest BCUT2D eigenvalue weighted by Gasteiger charge is 2.23. The SMILES string of the molecule is COc1ccc(CN(Cc2cccc(C)n2)C[C@H]2CCCO2)c(OC)c1OC. The number of aromatic nitrogens is 1. The molecule has 0 radical (unpaired) electrons. The fraction of sp³-hybridized carbons (Fsp3) is 0.500. The lowest BCUT2D eigenvalue weighted by Gasteiger charge is -2.26. The van der Waals surface area contributed by atoms with Crippen molar-refractivity contribution < 1.29 is 18.9 Å². The molecule has 1 aromatic carbocycles. The number of nitrogens with zero attached hydrogens (tertiary/aromatic N) is 2. The third-order valence-corrected chi connectivity index (χ3v) is 5.00. The Bertz CT molecular complexity index is 775. The standard InChI is InChI=1S/C22H30N2O4/c1-16-7-5-8-18(23-16)14-24(15-19-9-6-12-28-19)13-17-10-11-20(25-2)22(27-4)21(17)26-3/h5,7-8,10-11,19H,6,9,12-15H2,1-4H3/t19-/m1/s1. The largest absolute Gasteiger partial charge is 0.493 e. The van der Waals surface area contributed by atoms with Crippen LogP contribution < -0.4 is 14.2 Å². The van der Waals surface area contributed by atoms with Crippen molar-refractivity contribution >= 4 is 0 Å². The minimum absolute atomic E-state index is 0.260. The number of benzene rings is 1. The van der Waals surface area contributed by atoms with Gasteiger partial charge < -0.3 is 18.9 Å². The molecule has 28 heavy (non-hydrogen) atoms. The van der Waals surface area contributed by atoms with E-state index in [1.54, 1.807) is 21.3 Å². The van der Waals surface area contributed by atoms with Crippen molar-refractivity contribution in [3.63, 3.8) is 0 Å². The summed E-state index contributed by atoms with van der Waals surface area (Å²) in [5.74, 6) is 1.98. The van der Waals surface area contributed by atoms with Gasteiger partial charge in [0.2, 0.25) is 5.75 Å². The molecule has 0 saturated carbocycles. The highest BCUT2D eigenvalue weighted by molar-refractivity contribution is 5.55. The molecule has 1 aromatic heterocycles. The Morgan fingerprint density at radius 3 is 2.50 bits per heavy atom. The molecule has 152 valence electrons. The monoisotopic (exact) mass is 386 g/mol. The average molecular weight is 386 g/mol. The number of ether oxygens (including phenoxy) is 4. The first kappa shape index (κ1) is 20.4. The second kappa shape index (κ2) is 9.75. The average Bonchev–Trinajstić information content (AvgIpc) is 3.20. The summed E-state index contributed by atoms with van der Waals surface area (Å²) in [6.07, 6.45) is 2.48. The molecule has 6 nitrogen and oxygen atoms in total. The van der Waals surface area contributed by atoms with Gasteiger partial charge in [-0.1, -0.05) is 12.1 Å². The lowest BCUT2D eigenvalue weighted by Crippen LogP contribution is -2.32. The van der Waals surface area contributed by atoms with Crippen molar-refractivity contribution in [2.75, 3.05) is 34.5 Å². The highest BCUT2D eigenvalue weighted by Crippen LogP contribution is 2.40. The summed E-state index contributed by atoms with van der Waals surface area (Å²) in [5.41, 5.74) is 3.13. The molecular weight excluding hydrogens is 356 g/mol. The molecule has 6 heteroatoms. The Balaban J connectivity index is 1.85. The first-order valence-electron chi connectivity index (χ1n) is 9.69. The van der Waals surface area contributed by atoms with E-state index in [2.05, 4.69) is 22.0 Å². The number of rotatable bonds is 9. The van der Waals surface area contributed by atoms with Gasteiger partial charge >= 0.3 is 0 Å². The van der Waals surface area contributed by atoms with Crippen LogP contribution in [0.1, 0.15) is 29.8 Å². The predicted molar refractivity (Wildman–Crippen MR) is 108 cm³/mol. The molecule has 3 rings (SSSR count). The van der Waals surface area contributed by atoms with Gasteiger partial charge in [-0.05, 0) is 38.0 Å². The van der Waals surface area contributed by atoms with Gasteiger partial charge in [-0.3, -0.25) is 9.88 Å². The molecule has 0 spiro atoms. The van der Waals surface area contributed by atoms with E-state index in [9.17, 15) is 0 Å². The van der Waals surface area contributed by atoms with Crippen LogP contribution >= 0.6 is 0 Å². The molecule has 0 aliphatic carbocycles. The van der Waals surface area contributed by atoms with Crippen LogP contribution in [-0.4, -0.2) is 50.5 Å². The van der Waals surface area contributed by atoms with E-state index in [0.717, 1.165) is 49.5 Å². The fourth-order valence-electron chi connectivity index (χ4n) is 3.71. The quantitative estimate of drug-likeness (QED) is 0.656. The van der Waals surface area contributed by atoms with Gasteiger partial charge in [0.15, 0.2) is 11.5 Å². The summed E-state index contributed by atoms with van der Waals surface area (Å²) in [5, 5.41) is 0. The predicted octanol–water partition coefficient (Wildman–Crippen LogP) is 3.60. The molecule has 1 fully saturated rings. The van der Waals surface area contributed by atoms with E-state index < -0.39 is 0 Å². The van der Waals surface area contributed by atoms with Crippen LogP contribution in [-0.2, 0) is 17.8 Å². The maximum atomic E-state index is 5.88. The van der Waals surface area contributed by atoms with Crippen LogP contribution in [0.25, 0.3) is 0 Å². The maximum absolute atomic E-state index is 5.88. The van der Waals surface area contributed by atoms with E-state index in [0.29, 0.717) is 23.8 Å². The third kappa shape index (κ3) is 4.94. The van der Waals surface area contributed by atoms with Crippen molar-refractivity contribution in [3.05, 3.63) is 47.3 Å². The topological polar surface area (TPSA) is 53.1 Å². The minimum atomic E-state index is 0.260. The zero-order valence-corrected chi connectivity index (χ0v) is 17.2. The van der Waals surface area contributed by atoms with Crippen LogP contribution in [0.5, 0.6) is 17.2 Å². The third-order valence-electron chi connectivity index (χ3n) is 5.00.